The largest absolute Gasteiger partial charge is 0.362 e. The van der Waals surface area contributed by atoms with Gasteiger partial charge in [0.05, 0.1) is 9.82 Å². The van der Waals surface area contributed by atoms with Crippen LogP contribution in [0.4, 0.5) is 11.4 Å². The highest BCUT2D eigenvalue weighted by molar-refractivity contribution is 7.89. The van der Waals surface area contributed by atoms with Crippen molar-refractivity contribution < 1.29 is 13.3 Å². The molecular weight excluding hydrogens is 378 g/mol. The number of anilines is 1. The summed E-state index contributed by atoms with van der Waals surface area (Å²) >= 11 is 0. The van der Waals surface area contributed by atoms with Gasteiger partial charge in [0.2, 0.25) is 10.0 Å². The van der Waals surface area contributed by atoms with Gasteiger partial charge in [-0.05, 0) is 44.5 Å². The second-order valence-corrected chi connectivity index (χ2v) is 8.98. The SMILES string of the molecule is CC[C@@H]1[C@@H](c2ccc(C)cc2)CCN1c1ccc(S(=O)(=O)NC)cc1[N+](=O)[O-]. The molecular formula is C20H25N3O4S. The van der Waals surface area contributed by atoms with E-state index in [1.54, 1.807) is 6.07 Å². The van der Waals surface area contributed by atoms with E-state index in [2.05, 4.69) is 40.8 Å². The monoisotopic (exact) mass is 403 g/mol. The highest BCUT2D eigenvalue weighted by atomic mass is 32.2. The lowest BCUT2D eigenvalue weighted by atomic mass is 9.90. The third-order valence-electron chi connectivity index (χ3n) is 5.50. The lowest BCUT2D eigenvalue weighted by molar-refractivity contribution is -0.384. The molecule has 2 atom stereocenters. The van der Waals surface area contributed by atoms with Crippen LogP contribution in [0.25, 0.3) is 0 Å². The normalized spacial score (nSPS) is 19.8. The Bertz CT molecular complexity index is 973. The van der Waals surface area contributed by atoms with Gasteiger partial charge >= 0.3 is 0 Å². The predicted molar refractivity (Wildman–Crippen MR) is 109 cm³/mol. The van der Waals surface area contributed by atoms with Crippen molar-refractivity contribution in [3.05, 3.63) is 63.7 Å². The van der Waals surface area contributed by atoms with Crippen molar-refractivity contribution in [2.24, 2.45) is 0 Å². The van der Waals surface area contributed by atoms with Gasteiger partial charge < -0.3 is 4.90 Å². The van der Waals surface area contributed by atoms with Crippen LogP contribution >= 0.6 is 0 Å². The summed E-state index contributed by atoms with van der Waals surface area (Å²) in [5.74, 6) is 0.283. The summed E-state index contributed by atoms with van der Waals surface area (Å²) in [6, 6.07) is 12.7. The molecule has 8 heteroatoms. The molecule has 0 aliphatic carbocycles. The molecule has 0 bridgehead atoms. The molecule has 0 saturated carbocycles. The summed E-state index contributed by atoms with van der Waals surface area (Å²) in [5, 5.41) is 11.7. The maximum Gasteiger partial charge on any atom is 0.293 e. The standard InChI is InChI=1S/C20H25N3O4S/c1-4-18-17(15-7-5-14(2)6-8-15)11-12-22(18)19-10-9-16(28(26,27)21-3)13-20(19)23(24)25/h5-10,13,17-18,21H,4,11-12H2,1-3H3/t17-,18-/m1/s1. The van der Waals surface area contributed by atoms with Crippen LogP contribution < -0.4 is 9.62 Å². The van der Waals surface area contributed by atoms with Crippen LogP contribution in [0, 0.1) is 17.0 Å². The van der Waals surface area contributed by atoms with Crippen LogP contribution in [0.5, 0.6) is 0 Å². The summed E-state index contributed by atoms with van der Waals surface area (Å²) in [6.07, 6.45) is 1.74. The summed E-state index contributed by atoms with van der Waals surface area (Å²) in [5.41, 5.74) is 2.72. The first-order chi connectivity index (χ1) is 13.3. The summed E-state index contributed by atoms with van der Waals surface area (Å²) in [4.78, 5) is 13.1. The van der Waals surface area contributed by atoms with Crippen molar-refractivity contribution in [2.75, 3.05) is 18.5 Å². The Morgan fingerprint density at radius 3 is 2.46 bits per heavy atom. The Hall–Kier alpha value is -2.45. The average molecular weight is 404 g/mol. The number of nitrogens with zero attached hydrogens (tertiary/aromatic N) is 2. The molecule has 150 valence electrons. The van der Waals surface area contributed by atoms with Gasteiger partial charge in [-0.15, -0.1) is 0 Å². The maximum absolute atomic E-state index is 12.0. The maximum atomic E-state index is 12.0. The third kappa shape index (κ3) is 3.74. The molecule has 0 spiro atoms. The number of nitrogens with one attached hydrogen (secondary N) is 1. The minimum atomic E-state index is -3.74. The Kier molecular flexibility index (Phi) is 5.71. The van der Waals surface area contributed by atoms with Gasteiger partial charge in [-0.25, -0.2) is 13.1 Å². The lowest BCUT2D eigenvalue weighted by Gasteiger charge is -2.29. The van der Waals surface area contributed by atoms with E-state index >= 15 is 0 Å². The van der Waals surface area contributed by atoms with E-state index in [4.69, 9.17) is 0 Å². The summed E-state index contributed by atoms with van der Waals surface area (Å²) in [7, 11) is -2.46. The van der Waals surface area contributed by atoms with Crippen molar-refractivity contribution in [3.8, 4) is 0 Å². The molecule has 1 aliphatic rings. The summed E-state index contributed by atoms with van der Waals surface area (Å²) < 4.78 is 26.3. The van der Waals surface area contributed by atoms with Crippen LogP contribution in [0.1, 0.15) is 36.8 Å². The van der Waals surface area contributed by atoms with Gasteiger partial charge in [0, 0.05) is 24.6 Å². The van der Waals surface area contributed by atoms with Gasteiger partial charge in [0.15, 0.2) is 0 Å². The topological polar surface area (TPSA) is 92.6 Å². The number of benzene rings is 2. The quantitative estimate of drug-likeness (QED) is 0.588. The van der Waals surface area contributed by atoms with Gasteiger partial charge in [0.1, 0.15) is 5.69 Å². The minimum Gasteiger partial charge on any atom is -0.362 e. The fraction of sp³-hybridized carbons (Fsp3) is 0.400. The van der Waals surface area contributed by atoms with Crippen molar-refractivity contribution in [1.82, 2.24) is 4.72 Å². The molecule has 1 aliphatic heterocycles. The number of rotatable bonds is 6. The average Bonchev–Trinajstić information content (AvgIpc) is 3.11. The van der Waals surface area contributed by atoms with Crippen molar-refractivity contribution in [1.29, 1.82) is 0 Å². The second kappa shape index (κ2) is 7.89. The molecule has 1 fully saturated rings. The molecule has 0 amide bonds. The zero-order valence-electron chi connectivity index (χ0n) is 16.3. The first-order valence-corrected chi connectivity index (χ1v) is 10.8. The van der Waals surface area contributed by atoms with E-state index in [1.165, 1.54) is 24.2 Å². The van der Waals surface area contributed by atoms with E-state index < -0.39 is 14.9 Å². The zero-order valence-corrected chi connectivity index (χ0v) is 17.1. The van der Waals surface area contributed by atoms with Crippen LogP contribution in [0.15, 0.2) is 47.4 Å². The number of sulfonamides is 1. The van der Waals surface area contributed by atoms with E-state index in [0.717, 1.165) is 18.9 Å². The van der Waals surface area contributed by atoms with Crippen molar-refractivity contribution in [3.63, 3.8) is 0 Å². The van der Waals surface area contributed by atoms with Crippen LogP contribution in [-0.4, -0.2) is 33.0 Å². The number of hydrogen-bond acceptors (Lipinski definition) is 5. The fourth-order valence-electron chi connectivity index (χ4n) is 4.04. The number of nitro groups is 1. The molecule has 7 nitrogen and oxygen atoms in total. The number of aryl methyl sites for hydroxylation is 1. The minimum absolute atomic E-state index is 0.104. The van der Waals surface area contributed by atoms with Gasteiger partial charge in [-0.1, -0.05) is 36.8 Å². The lowest BCUT2D eigenvalue weighted by Crippen LogP contribution is -2.32. The molecule has 1 saturated heterocycles. The molecule has 28 heavy (non-hydrogen) atoms. The van der Waals surface area contributed by atoms with Crippen molar-refractivity contribution >= 4 is 21.4 Å². The number of nitro benzene ring substituents is 1. The first-order valence-electron chi connectivity index (χ1n) is 9.33. The third-order valence-corrected chi connectivity index (χ3v) is 6.91. The van der Waals surface area contributed by atoms with Crippen molar-refractivity contribution in [2.45, 2.75) is 43.5 Å². The molecule has 2 aromatic rings. The Labute approximate surface area is 165 Å². The molecule has 0 radical (unpaired) electrons. The zero-order chi connectivity index (χ0) is 20.5. The molecule has 0 aromatic heterocycles. The highest BCUT2D eigenvalue weighted by Gasteiger charge is 2.37. The van der Waals surface area contributed by atoms with Gasteiger partial charge in [-0.3, -0.25) is 10.1 Å². The Morgan fingerprint density at radius 2 is 1.89 bits per heavy atom. The Balaban J connectivity index is 2.00. The van der Waals surface area contributed by atoms with Gasteiger partial charge in [0.25, 0.3) is 5.69 Å². The highest BCUT2D eigenvalue weighted by Crippen LogP contribution is 2.42. The predicted octanol–water partition coefficient (Wildman–Crippen LogP) is 3.58. The molecule has 0 unspecified atom stereocenters. The molecule has 1 heterocycles. The number of hydrogen-bond donors (Lipinski definition) is 1. The fourth-order valence-corrected chi connectivity index (χ4v) is 4.79. The second-order valence-electron chi connectivity index (χ2n) is 7.09. The van der Waals surface area contributed by atoms with E-state index in [0.29, 0.717) is 12.2 Å². The molecule has 2 aromatic carbocycles. The smallest absolute Gasteiger partial charge is 0.293 e. The van der Waals surface area contributed by atoms with Crippen LogP contribution in [0.3, 0.4) is 0 Å². The van der Waals surface area contributed by atoms with Gasteiger partial charge in [-0.2, -0.15) is 0 Å². The Morgan fingerprint density at radius 1 is 1.21 bits per heavy atom. The van der Waals surface area contributed by atoms with E-state index in [-0.39, 0.29) is 22.5 Å². The molecule has 1 N–H and O–H groups in total. The summed E-state index contributed by atoms with van der Waals surface area (Å²) in [6.45, 7) is 4.82. The van der Waals surface area contributed by atoms with Crippen LogP contribution in [0.2, 0.25) is 0 Å². The van der Waals surface area contributed by atoms with E-state index in [1.807, 2.05) is 6.92 Å². The first kappa shape index (κ1) is 20.3. The molecule has 3 rings (SSSR count). The van der Waals surface area contributed by atoms with E-state index in [9.17, 15) is 18.5 Å². The van der Waals surface area contributed by atoms with Crippen LogP contribution in [-0.2, 0) is 10.0 Å².